The largest absolute Gasteiger partial charge is 0.497 e. The third kappa shape index (κ3) is 5.05. The molecule has 1 heterocycles. The number of ether oxygens (including phenoxy) is 1. The van der Waals surface area contributed by atoms with E-state index in [9.17, 15) is 14.4 Å². The molecule has 1 saturated heterocycles. The molecule has 7 nitrogen and oxygen atoms in total. The Morgan fingerprint density at radius 1 is 1.03 bits per heavy atom. The summed E-state index contributed by atoms with van der Waals surface area (Å²) < 4.78 is 5.28. The van der Waals surface area contributed by atoms with Crippen molar-refractivity contribution in [2.24, 2.45) is 0 Å². The number of nitrogens with zero attached hydrogens (tertiary/aromatic N) is 2. The van der Waals surface area contributed by atoms with E-state index in [2.05, 4.69) is 5.32 Å². The molecule has 1 fully saturated rings. The zero-order valence-corrected chi connectivity index (χ0v) is 19.6. The lowest BCUT2D eigenvalue weighted by Gasteiger charge is -2.22. The number of hydrogen-bond donors (Lipinski definition) is 1. The minimum Gasteiger partial charge on any atom is -0.497 e. The number of imide groups is 1. The second kappa shape index (κ2) is 9.97. The molecular formula is C26H24ClN3O4. The van der Waals surface area contributed by atoms with Crippen LogP contribution in [0.25, 0.3) is 0 Å². The molecule has 8 heteroatoms. The number of rotatable bonds is 7. The van der Waals surface area contributed by atoms with Crippen molar-refractivity contribution < 1.29 is 19.1 Å². The molecule has 0 saturated carbocycles. The van der Waals surface area contributed by atoms with Crippen molar-refractivity contribution in [3.05, 3.63) is 88.9 Å². The number of methoxy groups -OCH3 is 1. The first-order valence-corrected chi connectivity index (χ1v) is 11.1. The van der Waals surface area contributed by atoms with E-state index in [1.807, 2.05) is 25.1 Å². The van der Waals surface area contributed by atoms with E-state index >= 15 is 0 Å². The number of amides is 4. The van der Waals surface area contributed by atoms with Crippen LogP contribution in [0.4, 0.5) is 16.2 Å². The van der Waals surface area contributed by atoms with Gasteiger partial charge in [-0.1, -0.05) is 35.9 Å². The Hall–Kier alpha value is -3.84. The monoisotopic (exact) mass is 477 g/mol. The zero-order chi connectivity index (χ0) is 24.2. The lowest BCUT2D eigenvalue weighted by atomic mass is 10.1. The van der Waals surface area contributed by atoms with E-state index in [1.165, 1.54) is 4.90 Å². The second-order valence-corrected chi connectivity index (χ2v) is 8.49. The summed E-state index contributed by atoms with van der Waals surface area (Å²) >= 11 is 5.91. The average Bonchev–Trinajstić information content (AvgIpc) is 3.04. The molecule has 4 rings (SSSR count). The average molecular weight is 478 g/mol. The second-order valence-electron chi connectivity index (χ2n) is 8.05. The maximum absolute atomic E-state index is 13.4. The standard InChI is InChI=1S/C26H24ClN3O4/c1-17-5-3-7-21(13-17)30-25(32)23(15-24(31)28-20-11-9-19(27)10-12-20)29(26(30)33)16-18-6-4-8-22(14-18)34-2/h3-14,23H,15-16H2,1-2H3,(H,28,31). The molecular weight excluding hydrogens is 454 g/mol. The summed E-state index contributed by atoms with van der Waals surface area (Å²) in [4.78, 5) is 42.3. The van der Waals surface area contributed by atoms with Crippen molar-refractivity contribution in [3.63, 3.8) is 0 Å². The number of carbonyl (C=O) groups excluding carboxylic acids is 3. The normalized spacial score (nSPS) is 15.6. The Labute approximate surface area is 202 Å². The van der Waals surface area contributed by atoms with Crippen molar-refractivity contribution >= 4 is 40.8 Å². The van der Waals surface area contributed by atoms with Crippen LogP contribution >= 0.6 is 11.6 Å². The summed E-state index contributed by atoms with van der Waals surface area (Å²) in [7, 11) is 1.56. The molecule has 174 valence electrons. The van der Waals surface area contributed by atoms with E-state index < -0.39 is 18.0 Å². The number of benzene rings is 3. The molecule has 0 spiro atoms. The Kier molecular flexibility index (Phi) is 6.84. The number of hydrogen-bond acceptors (Lipinski definition) is 4. The molecule has 3 aromatic rings. The van der Waals surface area contributed by atoms with Gasteiger partial charge in [-0.3, -0.25) is 9.59 Å². The van der Waals surface area contributed by atoms with Crippen molar-refractivity contribution in [2.75, 3.05) is 17.3 Å². The molecule has 1 aliphatic rings. The fraction of sp³-hybridized carbons (Fsp3) is 0.192. The molecule has 0 radical (unpaired) electrons. The smallest absolute Gasteiger partial charge is 0.332 e. The number of halogens is 1. The summed E-state index contributed by atoms with van der Waals surface area (Å²) in [6, 6.07) is 19.7. The number of carbonyl (C=O) groups is 3. The van der Waals surface area contributed by atoms with Crippen LogP contribution in [0, 0.1) is 6.92 Å². The maximum Gasteiger partial charge on any atom is 0.332 e. The predicted octanol–water partition coefficient (Wildman–Crippen LogP) is 5.02. The van der Waals surface area contributed by atoms with Gasteiger partial charge in [-0.05, 0) is 66.6 Å². The molecule has 1 atom stereocenters. The van der Waals surface area contributed by atoms with E-state index in [0.717, 1.165) is 16.0 Å². The molecule has 34 heavy (non-hydrogen) atoms. The van der Waals surface area contributed by atoms with Gasteiger partial charge in [-0.25, -0.2) is 9.69 Å². The zero-order valence-electron chi connectivity index (χ0n) is 18.8. The summed E-state index contributed by atoms with van der Waals surface area (Å²) in [6.07, 6.45) is -0.181. The predicted molar refractivity (Wildman–Crippen MR) is 131 cm³/mol. The Bertz CT molecular complexity index is 1230. The van der Waals surface area contributed by atoms with Gasteiger partial charge in [0.2, 0.25) is 5.91 Å². The van der Waals surface area contributed by atoms with Crippen molar-refractivity contribution in [1.29, 1.82) is 0 Å². The van der Waals surface area contributed by atoms with Crippen molar-refractivity contribution in [3.8, 4) is 5.75 Å². The Morgan fingerprint density at radius 3 is 2.47 bits per heavy atom. The maximum atomic E-state index is 13.4. The topological polar surface area (TPSA) is 79.0 Å². The van der Waals surface area contributed by atoms with E-state index in [-0.39, 0.29) is 18.9 Å². The van der Waals surface area contributed by atoms with Crippen LogP contribution in [-0.2, 0) is 16.1 Å². The van der Waals surface area contributed by atoms with Gasteiger partial charge in [-0.2, -0.15) is 0 Å². The van der Waals surface area contributed by atoms with Crippen LogP contribution < -0.4 is 15.0 Å². The lowest BCUT2D eigenvalue weighted by molar-refractivity contribution is -0.124. The fourth-order valence-corrected chi connectivity index (χ4v) is 4.03. The molecule has 1 unspecified atom stereocenters. The van der Waals surface area contributed by atoms with Gasteiger partial charge in [-0.15, -0.1) is 0 Å². The quantitative estimate of drug-likeness (QED) is 0.484. The molecule has 0 bridgehead atoms. The van der Waals surface area contributed by atoms with Gasteiger partial charge in [0.05, 0.1) is 19.2 Å². The summed E-state index contributed by atoms with van der Waals surface area (Å²) in [5.74, 6) is -0.178. The third-order valence-electron chi connectivity index (χ3n) is 5.57. The van der Waals surface area contributed by atoms with Crippen LogP contribution in [0.2, 0.25) is 5.02 Å². The van der Waals surface area contributed by atoms with E-state index in [4.69, 9.17) is 16.3 Å². The Morgan fingerprint density at radius 2 is 1.76 bits per heavy atom. The van der Waals surface area contributed by atoms with Gasteiger partial charge in [0.15, 0.2) is 0 Å². The number of nitrogens with one attached hydrogen (secondary N) is 1. The van der Waals surface area contributed by atoms with Crippen molar-refractivity contribution in [1.82, 2.24) is 4.90 Å². The Balaban J connectivity index is 1.61. The highest BCUT2D eigenvalue weighted by Gasteiger charge is 2.46. The van der Waals surface area contributed by atoms with E-state index in [1.54, 1.807) is 61.7 Å². The molecule has 3 aromatic carbocycles. The minimum absolute atomic E-state index is 0.156. The first kappa shape index (κ1) is 23.3. The van der Waals surface area contributed by atoms with Crippen LogP contribution in [0.3, 0.4) is 0 Å². The summed E-state index contributed by atoms with van der Waals surface area (Å²) in [5.41, 5.74) is 2.74. The van der Waals surface area contributed by atoms with Crippen LogP contribution in [0.5, 0.6) is 5.75 Å². The van der Waals surface area contributed by atoms with Gasteiger partial charge in [0.1, 0.15) is 11.8 Å². The molecule has 1 aliphatic heterocycles. The molecule has 4 amide bonds. The number of urea groups is 1. The first-order chi connectivity index (χ1) is 16.4. The molecule has 0 aromatic heterocycles. The van der Waals surface area contributed by atoms with Gasteiger partial charge >= 0.3 is 6.03 Å². The lowest BCUT2D eigenvalue weighted by Crippen LogP contribution is -2.37. The molecule has 1 N–H and O–H groups in total. The van der Waals surface area contributed by atoms with Gasteiger partial charge in [0, 0.05) is 17.3 Å². The SMILES string of the molecule is COc1cccc(CN2C(=O)N(c3cccc(C)c3)C(=O)C2CC(=O)Nc2ccc(Cl)cc2)c1. The fourth-order valence-electron chi connectivity index (χ4n) is 3.91. The third-order valence-corrected chi connectivity index (χ3v) is 5.82. The summed E-state index contributed by atoms with van der Waals surface area (Å²) in [6.45, 7) is 2.04. The summed E-state index contributed by atoms with van der Waals surface area (Å²) in [5, 5.41) is 3.32. The van der Waals surface area contributed by atoms with Crippen LogP contribution in [0.15, 0.2) is 72.8 Å². The highest BCUT2D eigenvalue weighted by Crippen LogP contribution is 2.29. The minimum atomic E-state index is -0.952. The highest BCUT2D eigenvalue weighted by molar-refractivity contribution is 6.30. The van der Waals surface area contributed by atoms with Crippen LogP contribution in [0.1, 0.15) is 17.5 Å². The number of aryl methyl sites for hydroxylation is 1. The van der Waals surface area contributed by atoms with Gasteiger partial charge in [0.25, 0.3) is 5.91 Å². The van der Waals surface area contributed by atoms with E-state index in [0.29, 0.717) is 22.1 Å². The van der Waals surface area contributed by atoms with Gasteiger partial charge < -0.3 is 15.0 Å². The number of anilines is 2. The van der Waals surface area contributed by atoms with Crippen LogP contribution in [-0.4, -0.2) is 35.9 Å². The van der Waals surface area contributed by atoms with Crippen molar-refractivity contribution in [2.45, 2.75) is 25.9 Å². The molecule has 0 aliphatic carbocycles. The first-order valence-electron chi connectivity index (χ1n) is 10.8. The highest BCUT2D eigenvalue weighted by atomic mass is 35.5.